The molecule has 114 valence electrons. The van der Waals surface area contributed by atoms with Gasteiger partial charge in [-0.1, -0.05) is 18.2 Å². The van der Waals surface area contributed by atoms with Gasteiger partial charge in [-0.15, -0.1) is 0 Å². The number of rotatable bonds is 4. The summed E-state index contributed by atoms with van der Waals surface area (Å²) in [6.45, 7) is 2.86. The lowest BCUT2D eigenvalue weighted by Gasteiger charge is -2.39. The fourth-order valence-electron chi connectivity index (χ4n) is 2.53. The number of benzene rings is 1. The van der Waals surface area contributed by atoms with Crippen molar-refractivity contribution in [1.29, 1.82) is 0 Å². The molecule has 6 heteroatoms. The van der Waals surface area contributed by atoms with Crippen LogP contribution in [0, 0.1) is 0 Å². The third-order valence-corrected chi connectivity index (χ3v) is 3.69. The predicted molar refractivity (Wildman–Crippen MR) is 79.6 cm³/mol. The zero-order chi connectivity index (χ0) is 15.3. The van der Waals surface area contributed by atoms with Gasteiger partial charge in [0.15, 0.2) is 0 Å². The minimum absolute atomic E-state index is 0.178. The van der Waals surface area contributed by atoms with E-state index in [1.165, 1.54) is 19.0 Å². The number of para-hydroxylation sites is 1. The molecule has 1 heterocycles. The van der Waals surface area contributed by atoms with E-state index < -0.39 is 5.54 Å². The van der Waals surface area contributed by atoms with Crippen LogP contribution in [0.2, 0.25) is 0 Å². The fourth-order valence-corrected chi connectivity index (χ4v) is 2.53. The van der Waals surface area contributed by atoms with Crippen molar-refractivity contribution >= 4 is 17.6 Å². The summed E-state index contributed by atoms with van der Waals surface area (Å²) in [5, 5.41) is 4.63. The standard InChI is InChI=1S/C15H21N3O3/c1-12(19)18(13-6-4-3-5-7-13)17-15(14(20)21-2)8-10-16-11-9-15/h3-7,16-17H,8-11H2,1-2H3. The Morgan fingerprint density at radius 3 is 2.38 bits per heavy atom. The normalized spacial score (nSPS) is 17.0. The van der Waals surface area contributed by atoms with E-state index in [0.717, 1.165) is 0 Å². The smallest absolute Gasteiger partial charge is 0.327 e. The number of methoxy groups -OCH3 is 1. The van der Waals surface area contributed by atoms with Gasteiger partial charge < -0.3 is 10.1 Å². The van der Waals surface area contributed by atoms with Gasteiger partial charge in [0.05, 0.1) is 12.8 Å². The van der Waals surface area contributed by atoms with Crippen LogP contribution in [0.3, 0.4) is 0 Å². The van der Waals surface area contributed by atoms with Crippen LogP contribution in [-0.2, 0) is 14.3 Å². The van der Waals surface area contributed by atoms with E-state index in [2.05, 4.69) is 10.7 Å². The van der Waals surface area contributed by atoms with E-state index in [9.17, 15) is 9.59 Å². The van der Waals surface area contributed by atoms with Crippen molar-refractivity contribution < 1.29 is 14.3 Å². The summed E-state index contributed by atoms with van der Waals surface area (Å²) in [7, 11) is 1.37. The van der Waals surface area contributed by atoms with Gasteiger partial charge >= 0.3 is 5.97 Å². The Morgan fingerprint density at radius 2 is 1.86 bits per heavy atom. The molecule has 1 aliphatic heterocycles. The highest BCUT2D eigenvalue weighted by Gasteiger charge is 2.42. The summed E-state index contributed by atoms with van der Waals surface area (Å²) in [6, 6.07) is 9.21. The highest BCUT2D eigenvalue weighted by molar-refractivity contribution is 5.92. The second-order valence-corrected chi connectivity index (χ2v) is 5.13. The van der Waals surface area contributed by atoms with Gasteiger partial charge in [-0.2, -0.15) is 0 Å². The molecule has 0 atom stereocenters. The molecule has 0 radical (unpaired) electrons. The zero-order valence-corrected chi connectivity index (χ0v) is 12.4. The quantitative estimate of drug-likeness (QED) is 0.635. The first-order valence-electron chi connectivity index (χ1n) is 7.02. The number of nitrogens with one attached hydrogen (secondary N) is 2. The molecule has 6 nitrogen and oxygen atoms in total. The topological polar surface area (TPSA) is 70.7 Å². The van der Waals surface area contributed by atoms with E-state index in [1.54, 1.807) is 0 Å². The van der Waals surface area contributed by atoms with Gasteiger partial charge in [0, 0.05) is 6.92 Å². The van der Waals surface area contributed by atoms with E-state index in [1.807, 2.05) is 30.3 Å². The number of carbonyl (C=O) groups is 2. The number of amides is 1. The van der Waals surface area contributed by atoms with Crippen molar-refractivity contribution in [3.05, 3.63) is 30.3 Å². The number of nitrogens with zero attached hydrogens (tertiary/aromatic N) is 1. The second kappa shape index (κ2) is 6.69. The van der Waals surface area contributed by atoms with Crippen LogP contribution in [-0.4, -0.2) is 37.6 Å². The lowest BCUT2D eigenvalue weighted by molar-refractivity contribution is -0.150. The average molecular weight is 291 g/mol. The Kier molecular flexibility index (Phi) is 4.93. The summed E-state index contributed by atoms with van der Waals surface area (Å²) in [4.78, 5) is 24.2. The first-order chi connectivity index (χ1) is 10.1. The van der Waals surface area contributed by atoms with Crippen LogP contribution in [0.15, 0.2) is 30.3 Å². The van der Waals surface area contributed by atoms with Gasteiger partial charge in [0.1, 0.15) is 5.54 Å². The molecule has 2 N–H and O–H groups in total. The summed E-state index contributed by atoms with van der Waals surface area (Å²) in [6.07, 6.45) is 1.13. The van der Waals surface area contributed by atoms with Crippen molar-refractivity contribution in [3.8, 4) is 0 Å². The summed E-state index contributed by atoms with van der Waals surface area (Å²) < 4.78 is 4.94. The van der Waals surface area contributed by atoms with Gasteiger partial charge in [0.25, 0.3) is 0 Å². The Hall–Kier alpha value is -1.92. The van der Waals surface area contributed by atoms with E-state index in [4.69, 9.17) is 4.74 Å². The summed E-state index contributed by atoms with van der Waals surface area (Å²) in [5.41, 5.74) is 2.93. The van der Waals surface area contributed by atoms with Crippen molar-refractivity contribution in [1.82, 2.24) is 10.7 Å². The molecule has 1 aliphatic rings. The molecule has 1 fully saturated rings. The Balaban J connectivity index is 2.28. The number of hydrazine groups is 1. The SMILES string of the molecule is COC(=O)C1(NN(C(C)=O)c2ccccc2)CCNCC1. The molecule has 0 aliphatic carbocycles. The molecular formula is C15H21N3O3. The average Bonchev–Trinajstić information content (AvgIpc) is 2.53. The predicted octanol–water partition coefficient (Wildman–Crippen LogP) is 0.839. The van der Waals surface area contributed by atoms with Crippen molar-refractivity contribution in [3.63, 3.8) is 0 Å². The van der Waals surface area contributed by atoms with E-state index in [0.29, 0.717) is 31.6 Å². The Labute approximate surface area is 124 Å². The minimum Gasteiger partial charge on any atom is -0.468 e. The van der Waals surface area contributed by atoms with Crippen LogP contribution in [0.25, 0.3) is 0 Å². The molecule has 1 saturated heterocycles. The first kappa shape index (κ1) is 15.5. The molecule has 0 spiro atoms. The highest BCUT2D eigenvalue weighted by Crippen LogP contribution is 2.23. The lowest BCUT2D eigenvalue weighted by Crippen LogP contribution is -2.64. The van der Waals surface area contributed by atoms with Crippen molar-refractivity contribution in [2.45, 2.75) is 25.3 Å². The van der Waals surface area contributed by atoms with Gasteiger partial charge in [-0.05, 0) is 38.1 Å². The van der Waals surface area contributed by atoms with E-state index in [-0.39, 0.29) is 11.9 Å². The van der Waals surface area contributed by atoms with Crippen LogP contribution >= 0.6 is 0 Å². The van der Waals surface area contributed by atoms with Crippen molar-refractivity contribution in [2.75, 3.05) is 25.2 Å². The van der Waals surface area contributed by atoms with Gasteiger partial charge in [0.2, 0.25) is 5.91 Å². The number of carbonyl (C=O) groups excluding carboxylic acids is 2. The van der Waals surface area contributed by atoms with Crippen LogP contribution in [0.4, 0.5) is 5.69 Å². The molecule has 21 heavy (non-hydrogen) atoms. The second-order valence-electron chi connectivity index (χ2n) is 5.13. The maximum atomic E-state index is 12.2. The summed E-state index contributed by atoms with van der Waals surface area (Å²) >= 11 is 0. The first-order valence-corrected chi connectivity index (χ1v) is 7.02. The molecule has 1 amide bonds. The number of esters is 1. The molecule has 1 aromatic carbocycles. The maximum Gasteiger partial charge on any atom is 0.327 e. The minimum atomic E-state index is -0.874. The van der Waals surface area contributed by atoms with Crippen LogP contribution < -0.4 is 15.8 Å². The number of hydrogen-bond donors (Lipinski definition) is 2. The monoisotopic (exact) mass is 291 g/mol. The third kappa shape index (κ3) is 3.40. The number of piperidine rings is 1. The Morgan fingerprint density at radius 1 is 1.24 bits per heavy atom. The van der Waals surface area contributed by atoms with Crippen molar-refractivity contribution in [2.24, 2.45) is 0 Å². The third-order valence-electron chi connectivity index (χ3n) is 3.69. The molecule has 1 aromatic rings. The zero-order valence-electron chi connectivity index (χ0n) is 12.4. The van der Waals surface area contributed by atoms with E-state index >= 15 is 0 Å². The molecule has 2 rings (SSSR count). The molecule has 0 unspecified atom stereocenters. The fraction of sp³-hybridized carbons (Fsp3) is 0.467. The molecule has 0 bridgehead atoms. The number of anilines is 1. The van der Waals surface area contributed by atoms with Gasteiger partial charge in [-0.25, -0.2) is 15.2 Å². The maximum absolute atomic E-state index is 12.2. The summed E-state index contributed by atoms with van der Waals surface area (Å²) in [5.74, 6) is -0.519. The largest absolute Gasteiger partial charge is 0.468 e. The molecule has 0 saturated carbocycles. The van der Waals surface area contributed by atoms with Gasteiger partial charge in [-0.3, -0.25) is 4.79 Å². The molecular weight excluding hydrogens is 270 g/mol. The Bertz CT molecular complexity index is 498. The number of ether oxygens (including phenoxy) is 1. The highest BCUT2D eigenvalue weighted by atomic mass is 16.5. The van der Waals surface area contributed by atoms with Crippen LogP contribution in [0.5, 0.6) is 0 Å². The lowest BCUT2D eigenvalue weighted by atomic mass is 9.89. The van der Waals surface area contributed by atoms with Crippen LogP contribution in [0.1, 0.15) is 19.8 Å². The number of hydrogen-bond acceptors (Lipinski definition) is 5. The molecule has 0 aromatic heterocycles.